The fourth-order valence-corrected chi connectivity index (χ4v) is 3.18. The Balaban J connectivity index is 2.30. The summed E-state index contributed by atoms with van der Waals surface area (Å²) in [5.41, 5.74) is 0.135. The highest BCUT2D eigenvalue weighted by molar-refractivity contribution is 7.91. The molecule has 0 aromatic carbocycles. The van der Waals surface area contributed by atoms with Gasteiger partial charge in [0, 0.05) is 5.54 Å². The van der Waals surface area contributed by atoms with Crippen LogP contribution in [0, 0.1) is 5.92 Å². The van der Waals surface area contributed by atoms with Gasteiger partial charge in [0.15, 0.2) is 0 Å². The summed E-state index contributed by atoms with van der Waals surface area (Å²) >= 11 is 0. The Morgan fingerprint density at radius 1 is 1.21 bits per heavy atom. The zero-order chi connectivity index (χ0) is 10.8. The Kier molecular flexibility index (Phi) is 3.58. The van der Waals surface area contributed by atoms with Gasteiger partial charge in [-0.25, -0.2) is 8.42 Å². The van der Waals surface area contributed by atoms with Crippen molar-refractivity contribution in [3.05, 3.63) is 0 Å². The molecule has 0 saturated carbocycles. The van der Waals surface area contributed by atoms with E-state index in [1.54, 1.807) is 0 Å². The average Bonchev–Trinajstić information content (AvgIpc) is 2.01. The van der Waals surface area contributed by atoms with Gasteiger partial charge in [0.1, 0.15) is 9.84 Å². The second-order valence-corrected chi connectivity index (χ2v) is 7.53. The van der Waals surface area contributed by atoms with Gasteiger partial charge in [-0.15, -0.1) is 0 Å². The Morgan fingerprint density at radius 3 is 2.14 bits per heavy atom. The van der Waals surface area contributed by atoms with Crippen LogP contribution in [0.1, 0.15) is 33.6 Å². The lowest BCUT2D eigenvalue weighted by Gasteiger charge is -2.27. The van der Waals surface area contributed by atoms with E-state index in [-0.39, 0.29) is 5.54 Å². The molecule has 0 amide bonds. The van der Waals surface area contributed by atoms with Crippen LogP contribution in [0.2, 0.25) is 0 Å². The van der Waals surface area contributed by atoms with Crippen molar-refractivity contribution in [3.63, 3.8) is 0 Å². The van der Waals surface area contributed by atoms with Crippen LogP contribution in [0.25, 0.3) is 0 Å². The van der Waals surface area contributed by atoms with Crippen LogP contribution in [0.15, 0.2) is 0 Å². The van der Waals surface area contributed by atoms with Gasteiger partial charge in [-0.05, 0) is 46.1 Å². The molecule has 1 N–H and O–H groups in total. The van der Waals surface area contributed by atoms with Crippen molar-refractivity contribution in [1.82, 2.24) is 5.32 Å². The Labute approximate surface area is 87.2 Å². The van der Waals surface area contributed by atoms with Crippen LogP contribution in [0.5, 0.6) is 0 Å². The lowest BCUT2D eigenvalue weighted by molar-refractivity contribution is 0.354. The van der Waals surface area contributed by atoms with E-state index >= 15 is 0 Å². The van der Waals surface area contributed by atoms with Gasteiger partial charge in [-0.1, -0.05) is 0 Å². The highest BCUT2D eigenvalue weighted by Gasteiger charge is 2.24. The molecular formula is C10H21NO2S. The first kappa shape index (κ1) is 12.0. The van der Waals surface area contributed by atoms with E-state index in [0.717, 1.165) is 19.4 Å². The van der Waals surface area contributed by atoms with Crippen LogP contribution >= 0.6 is 0 Å². The van der Waals surface area contributed by atoms with Crippen molar-refractivity contribution in [2.75, 3.05) is 18.1 Å². The monoisotopic (exact) mass is 219 g/mol. The van der Waals surface area contributed by atoms with E-state index in [1.807, 2.05) is 0 Å². The number of nitrogens with one attached hydrogen (secondary N) is 1. The average molecular weight is 219 g/mol. The zero-order valence-electron chi connectivity index (χ0n) is 9.34. The minimum atomic E-state index is -2.70. The molecule has 84 valence electrons. The quantitative estimate of drug-likeness (QED) is 0.759. The maximum atomic E-state index is 11.2. The number of hydrogen-bond donors (Lipinski definition) is 1. The van der Waals surface area contributed by atoms with Crippen molar-refractivity contribution in [1.29, 1.82) is 0 Å². The molecule has 1 rings (SSSR count). The van der Waals surface area contributed by atoms with E-state index < -0.39 is 9.84 Å². The predicted octanol–water partition coefficient (Wildman–Crippen LogP) is 1.20. The van der Waals surface area contributed by atoms with Crippen LogP contribution in [-0.4, -0.2) is 32.0 Å². The Bertz CT molecular complexity index is 263. The maximum absolute atomic E-state index is 11.2. The first-order valence-corrected chi connectivity index (χ1v) is 7.06. The second kappa shape index (κ2) is 4.19. The van der Waals surface area contributed by atoms with Crippen molar-refractivity contribution < 1.29 is 8.42 Å². The fourth-order valence-electron chi connectivity index (χ4n) is 1.59. The number of rotatable bonds is 2. The molecule has 0 aromatic rings. The van der Waals surface area contributed by atoms with Crippen LogP contribution in [0.3, 0.4) is 0 Å². The molecule has 0 spiro atoms. The minimum Gasteiger partial charge on any atom is -0.312 e. The highest BCUT2D eigenvalue weighted by atomic mass is 32.2. The highest BCUT2D eigenvalue weighted by Crippen LogP contribution is 2.18. The topological polar surface area (TPSA) is 46.2 Å². The molecule has 0 radical (unpaired) electrons. The maximum Gasteiger partial charge on any atom is 0.150 e. The van der Waals surface area contributed by atoms with Gasteiger partial charge in [-0.3, -0.25) is 0 Å². The van der Waals surface area contributed by atoms with Crippen molar-refractivity contribution in [2.24, 2.45) is 5.92 Å². The van der Waals surface area contributed by atoms with Gasteiger partial charge in [0.25, 0.3) is 0 Å². The van der Waals surface area contributed by atoms with Crippen molar-refractivity contribution >= 4 is 9.84 Å². The molecule has 1 fully saturated rings. The smallest absolute Gasteiger partial charge is 0.150 e. The summed E-state index contributed by atoms with van der Waals surface area (Å²) in [4.78, 5) is 0. The molecule has 1 saturated heterocycles. The summed E-state index contributed by atoms with van der Waals surface area (Å²) in [6, 6.07) is 0. The molecule has 0 aromatic heterocycles. The van der Waals surface area contributed by atoms with Gasteiger partial charge in [-0.2, -0.15) is 0 Å². The molecule has 0 atom stereocenters. The zero-order valence-corrected chi connectivity index (χ0v) is 10.2. The van der Waals surface area contributed by atoms with Crippen LogP contribution in [0.4, 0.5) is 0 Å². The van der Waals surface area contributed by atoms with E-state index in [4.69, 9.17) is 0 Å². The molecule has 1 heterocycles. The van der Waals surface area contributed by atoms with Gasteiger partial charge < -0.3 is 5.32 Å². The first-order chi connectivity index (χ1) is 6.29. The van der Waals surface area contributed by atoms with E-state index in [1.165, 1.54) is 0 Å². The van der Waals surface area contributed by atoms with E-state index in [0.29, 0.717) is 17.4 Å². The molecule has 0 bridgehead atoms. The van der Waals surface area contributed by atoms with Gasteiger partial charge in [0.05, 0.1) is 11.5 Å². The van der Waals surface area contributed by atoms with Gasteiger partial charge in [0.2, 0.25) is 0 Å². The summed E-state index contributed by atoms with van der Waals surface area (Å²) in [6.45, 7) is 7.34. The molecule has 3 nitrogen and oxygen atoms in total. The fraction of sp³-hybridized carbons (Fsp3) is 1.00. The summed E-state index contributed by atoms with van der Waals surface area (Å²) in [7, 11) is -2.70. The third kappa shape index (κ3) is 4.42. The second-order valence-electron chi connectivity index (χ2n) is 5.23. The van der Waals surface area contributed by atoms with E-state index in [9.17, 15) is 8.42 Å². The lowest BCUT2D eigenvalue weighted by atomic mass is 10.0. The van der Waals surface area contributed by atoms with Crippen molar-refractivity contribution in [3.8, 4) is 0 Å². The predicted molar refractivity (Wildman–Crippen MR) is 59.1 cm³/mol. The van der Waals surface area contributed by atoms with Gasteiger partial charge >= 0.3 is 0 Å². The third-order valence-corrected chi connectivity index (χ3v) is 4.31. The molecule has 1 aliphatic rings. The number of sulfone groups is 1. The summed E-state index contributed by atoms with van der Waals surface area (Å²) in [6.07, 6.45) is 1.65. The van der Waals surface area contributed by atoms with Crippen LogP contribution < -0.4 is 5.32 Å². The molecule has 1 aliphatic heterocycles. The third-order valence-electron chi connectivity index (χ3n) is 2.60. The molecule has 4 heteroatoms. The summed E-state index contributed by atoms with van der Waals surface area (Å²) in [5.74, 6) is 1.30. The van der Waals surface area contributed by atoms with Crippen molar-refractivity contribution in [2.45, 2.75) is 39.2 Å². The van der Waals surface area contributed by atoms with Crippen LogP contribution in [-0.2, 0) is 9.84 Å². The minimum absolute atomic E-state index is 0.135. The molecule has 0 unspecified atom stereocenters. The SMILES string of the molecule is CC(C)(C)NCC1CCS(=O)(=O)CC1. The largest absolute Gasteiger partial charge is 0.312 e. The normalized spacial score (nSPS) is 23.6. The Morgan fingerprint density at radius 2 is 1.71 bits per heavy atom. The lowest BCUT2D eigenvalue weighted by Crippen LogP contribution is -2.41. The molecule has 14 heavy (non-hydrogen) atoms. The molecule has 0 aliphatic carbocycles. The first-order valence-electron chi connectivity index (χ1n) is 5.24. The Hall–Kier alpha value is -0.0900. The standard InChI is InChI=1S/C10H21NO2S/c1-10(2,3)11-8-9-4-6-14(12,13)7-5-9/h9,11H,4-8H2,1-3H3. The number of hydrogen-bond acceptors (Lipinski definition) is 3. The molecular weight excluding hydrogens is 198 g/mol. The summed E-state index contributed by atoms with van der Waals surface area (Å²) in [5, 5.41) is 3.42. The van der Waals surface area contributed by atoms with E-state index in [2.05, 4.69) is 26.1 Å². The summed E-state index contributed by atoms with van der Waals surface area (Å²) < 4.78 is 22.4.